The van der Waals surface area contributed by atoms with Crippen LogP contribution in [-0.4, -0.2) is 18.0 Å². The zero-order valence-electron chi connectivity index (χ0n) is 12.5. The molecule has 4 nitrogen and oxygen atoms in total. The van der Waals surface area contributed by atoms with Crippen molar-refractivity contribution in [2.75, 3.05) is 7.11 Å². The standard InChI is InChI=1S/C18H15ClN2O2/c1-23-13-7-8-16-14(9-13)17(19)15(11-20-16)18(22)21-10-12-5-3-2-4-6-12/h2-9,11H,10H2,1H3,(H,21,22). The zero-order chi connectivity index (χ0) is 16.2. The highest BCUT2D eigenvalue weighted by Gasteiger charge is 2.14. The van der Waals surface area contributed by atoms with Crippen LogP contribution in [0.1, 0.15) is 15.9 Å². The lowest BCUT2D eigenvalue weighted by Crippen LogP contribution is -2.23. The third kappa shape index (κ3) is 3.27. The van der Waals surface area contributed by atoms with E-state index < -0.39 is 0 Å². The summed E-state index contributed by atoms with van der Waals surface area (Å²) in [6, 6.07) is 15.1. The van der Waals surface area contributed by atoms with E-state index in [1.807, 2.05) is 36.4 Å². The number of ether oxygens (including phenoxy) is 1. The Kier molecular flexibility index (Phi) is 4.44. The second kappa shape index (κ2) is 6.67. The second-order valence-corrected chi connectivity index (χ2v) is 5.42. The van der Waals surface area contributed by atoms with Gasteiger partial charge in [-0.25, -0.2) is 0 Å². The van der Waals surface area contributed by atoms with Crippen molar-refractivity contribution in [3.05, 3.63) is 70.9 Å². The molecule has 23 heavy (non-hydrogen) atoms. The van der Waals surface area contributed by atoms with Crippen LogP contribution in [0.4, 0.5) is 0 Å². The number of nitrogens with zero attached hydrogens (tertiary/aromatic N) is 1. The molecular formula is C18H15ClN2O2. The van der Waals surface area contributed by atoms with E-state index in [9.17, 15) is 4.79 Å². The molecule has 3 aromatic rings. The molecule has 0 aliphatic heterocycles. The van der Waals surface area contributed by atoms with Gasteiger partial charge < -0.3 is 10.1 Å². The van der Waals surface area contributed by atoms with Gasteiger partial charge >= 0.3 is 0 Å². The van der Waals surface area contributed by atoms with Gasteiger partial charge in [0.15, 0.2) is 0 Å². The van der Waals surface area contributed by atoms with Crippen LogP contribution in [0.15, 0.2) is 54.7 Å². The Morgan fingerprint density at radius 1 is 1.22 bits per heavy atom. The van der Waals surface area contributed by atoms with Crippen LogP contribution in [-0.2, 0) is 6.54 Å². The molecule has 0 atom stereocenters. The molecule has 0 aliphatic rings. The molecule has 0 aliphatic carbocycles. The summed E-state index contributed by atoms with van der Waals surface area (Å²) >= 11 is 6.39. The number of amides is 1. The molecule has 116 valence electrons. The third-order valence-corrected chi connectivity index (χ3v) is 3.96. The van der Waals surface area contributed by atoms with Crippen LogP contribution >= 0.6 is 11.6 Å². The Bertz CT molecular complexity index is 850. The Hall–Kier alpha value is -2.59. The highest BCUT2D eigenvalue weighted by atomic mass is 35.5. The van der Waals surface area contributed by atoms with Crippen LogP contribution in [0.25, 0.3) is 10.9 Å². The number of nitrogens with one attached hydrogen (secondary N) is 1. The fraction of sp³-hybridized carbons (Fsp3) is 0.111. The molecule has 0 unspecified atom stereocenters. The monoisotopic (exact) mass is 326 g/mol. The second-order valence-electron chi connectivity index (χ2n) is 5.04. The molecule has 1 aromatic heterocycles. The Balaban J connectivity index is 1.87. The van der Waals surface area contributed by atoms with Crippen LogP contribution in [0.5, 0.6) is 5.75 Å². The summed E-state index contributed by atoms with van der Waals surface area (Å²) in [4.78, 5) is 16.7. The SMILES string of the molecule is COc1ccc2ncc(C(=O)NCc3ccccc3)c(Cl)c2c1. The molecule has 0 spiro atoms. The maximum Gasteiger partial charge on any atom is 0.254 e. The summed E-state index contributed by atoms with van der Waals surface area (Å²) in [5, 5.41) is 3.92. The van der Waals surface area contributed by atoms with Crippen LogP contribution in [0, 0.1) is 0 Å². The molecule has 0 radical (unpaired) electrons. The highest BCUT2D eigenvalue weighted by Crippen LogP contribution is 2.28. The zero-order valence-corrected chi connectivity index (χ0v) is 13.3. The quantitative estimate of drug-likeness (QED) is 0.792. The number of carbonyl (C=O) groups is 1. The van der Waals surface area contributed by atoms with Gasteiger partial charge in [0.1, 0.15) is 5.75 Å². The van der Waals surface area contributed by atoms with Gasteiger partial charge in [-0.3, -0.25) is 9.78 Å². The van der Waals surface area contributed by atoms with Gasteiger partial charge in [-0.1, -0.05) is 41.9 Å². The van der Waals surface area contributed by atoms with Crippen molar-refractivity contribution >= 4 is 28.4 Å². The van der Waals surface area contributed by atoms with E-state index in [-0.39, 0.29) is 5.91 Å². The highest BCUT2D eigenvalue weighted by molar-refractivity contribution is 6.38. The number of carbonyl (C=O) groups excluding carboxylic acids is 1. The van der Waals surface area contributed by atoms with Crippen molar-refractivity contribution in [3.63, 3.8) is 0 Å². The number of fused-ring (bicyclic) bond motifs is 1. The molecule has 3 rings (SSSR count). The molecule has 1 heterocycles. The van der Waals surface area contributed by atoms with Gasteiger partial charge in [0, 0.05) is 18.1 Å². The smallest absolute Gasteiger partial charge is 0.254 e. The molecule has 0 bridgehead atoms. The topological polar surface area (TPSA) is 51.2 Å². The first-order valence-electron chi connectivity index (χ1n) is 7.13. The molecule has 0 saturated carbocycles. The number of benzene rings is 2. The number of rotatable bonds is 4. The van der Waals surface area contributed by atoms with E-state index in [1.165, 1.54) is 6.20 Å². The van der Waals surface area contributed by atoms with Gasteiger partial charge in [0.2, 0.25) is 0 Å². The number of methoxy groups -OCH3 is 1. The molecular weight excluding hydrogens is 312 g/mol. The van der Waals surface area contributed by atoms with Crippen molar-refractivity contribution in [1.29, 1.82) is 0 Å². The summed E-state index contributed by atoms with van der Waals surface area (Å²) in [5.74, 6) is 0.416. The number of aromatic nitrogens is 1. The Labute approximate surface area is 139 Å². The fourth-order valence-electron chi connectivity index (χ4n) is 2.30. The number of hydrogen-bond donors (Lipinski definition) is 1. The average Bonchev–Trinajstić information content (AvgIpc) is 2.60. The van der Waals surface area contributed by atoms with Gasteiger partial charge in [0.25, 0.3) is 5.91 Å². The van der Waals surface area contributed by atoms with Gasteiger partial charge in [-0.2, -0.15) is 0 Å². The van der Waals surface area contributed by atoms with E-state index in [4.69, 9.17) is 16.3 Å². The number of hydrogen-bond acceptors (Lipinski definition) is 3. The lowest BCUT2D eigenvalue weighted by molar-refractivity contribution is 0.0951. The van der Waals surface area contributed by atoms with Crippen molar-refractivity contribution in [1.82, 2.24) is 10.3 Å². The summed E-state index contributed by atoms with van der Waals surface area (Å²) in [5.41, 5.74) is 2.09. The molecule has 1 N–H and O–H groups in total. The summed E-state index contributed by atoms with van der Waals surface area (Å²) < 4.78 is 5.20. The van der Waals surface area contributed by atoms with Gasteiger partial charge in [0.05, 0.1) is 23.2 Å². The Morgan fingerprint density at radius 2 is 2.00 bits per heavy atom. The lowest BCUT2D eigenvalue weighted by Gasteiger charge is -2.09. The first-order valence-corrected chi connectivity index (χ1v) is 7.51. The first-order chi connectivity index (χ1) is 11.2. The van der Waals surface area contributed by atoms with Crippen molar-refractivity contribution in [2.24, 2.45) is 0 Å². The minimum Gasteiger partial charge on any atom is -0.497 e. The van der Waals surface area contributed by atoms with Crippen molar-refractivity contribution in [3.8, 4) is 5.75 Å². The maximum absolute atomic E-state index is 12.4. The van der Waals surface area contributed by atoms with E-state index >= 15 is 0 Å². The Morgan fingerprint density at radius 3 is 2.74 bits per heavy atom. The van der Waals surface area contributed by atoms with E-state index in [1.54, 1.807) is 19.2 Å². The van der Waals surface area contributed by atoms with Gasteiger partial charge in [-0.15, -0.1) is 0 Å². The van der Waals surface area contributed by atoms with E-state index in [2.05, 4.69) is 10.3 Å². The minimum absolute atomic E-state index is 0.254. The van der Waals surface area contributed by atoms with E-state index in [0.29, 0.717) is 28.3 Å². The van der Waals surface area contributed by atoms with Crippen molar-refractivity contribution < 1.29 is 9.53 Å². The van der Waals surface area contributed by atoms with Crippen molar-refractivity contribution in [2.45, 2.75) is 6.54 Å². The summed E-state index contributed by atoms with van der Waals surface area (Å²) in [6.45, 7) is 0.437. The van der Waals surface area contributed by atoms with Crippen LogP contribution < -0.4 is 10.1 Å². The molecule has 2 aromatic carbocycles. The summed E-state index contributed by atoms with van der Waals surface area (Å²) in [6.07, 6.45) is 1.50. The first kappa shape index (κ1) is 15.3. The van der Waals surface area contributed by atoms with E-state index in [0.717, 1.165) is 11.1 Å². The van der Waals surface area contributed by atoms with Gasteiger partial charge in [-0.05, 0) is 23.8 Å². The summed E-state index contributed by atoms with van der Waals surface area (Å²) in [7, 11) is 1.58. The lowest BCUT2D eigenvalue weighted by atomic mass is 10.1. The molecule has 0 saturated heterocycles. The normalized spacial score (nSPS) is 10.5. The molecule has 0 fully saturated rings. The molecule has 5 heteroatoms. The van der Waals surface area contributed by atoms with Crippen LogP contribution in [0.2, 0.25) is 5.02 Å². The minimum atomic E-state index is -0.254. The molecule has 1 amide bonds. The fourth-order valence-corrected chi connectivity index (χ4v) is 2.58. The number of halogens is 1. The third-order valence-electron chi connectivity index (χ3n) is 3.55. The maximum atomic E-state index is 12.4. The average molecular weight is 327 g/mol. The predicted octanol–water partition coefficient (Wildman–Crippen LogP) is 3.83. The predicted molar refractivity (Wildman–Crippen MR) is 90.9 cm³/mol. The number of pyridine rings is 1. The van der Waals surface area contributed by atoms with Crippen LogP contribution in [0.3, 0.4) is 0 Å². The largest absolute Gasteiger partial charge is 0.497 e.